The number of nitrogens with zero attached hydrogens (tertiary/aromatic N) is 4. The van der Waals surface area contributed by atoms with E-state index in [1.165, 1.54) is 6.33 Å². The van der Waals surface area contributed by atoms with Gasteiger partial charge in [-0.2, -0.15) is 4.98 Å². The van der Waals surface area contributed by atoms with Crippen molar-refractivity contribution in [3.8, 4) is 0 Å². The molecule has 0 aromatic carbocycles. The Morgan fingerprint density at radius 3 is 3.06 bits per heavy atom. The minimum absolute atomic E-state index is 0.204. The number of aromatic nitrogens is 5. The number of aromatic amines is 1. The van der Waals surface area contributed by atoms with Crippen molar-refractivity contribution >= 4 is 28.5 Å². The Hall–Kier alpha value is -2.21. The minimum atomic E-state index is 0.204. The van der Waals surface area contributed by atoms with Crippen LogP contribution in [0.15, 0.2) is 30.9 Å². The van der Waals surface area contributed by atoms with E-state index in [-0.39, 0.29) is 5.28 Å². The summed E-state index contributed by atoms with van der Waals surface area (Å²) in [4.78, 5) is 19.2. The SMILES string of the molecule is Clc1nc(NCc2ccncn2)c2cc[nH]c2n1. The first-order chi connectivity index (χ1) is 8.83. The Morgan fingerprint density at radius 1 is 1.28 bits per heavy atom. The molecule has 2 N–H and O–H groups in total. The highest BCUT2D eigenvalue weighted by Crippen LogP contribution is 2.21. The van der Waals surface area contributed by atoms with Crippen molar-refractivity contribution in [2.24, 2.45) is 0 Å². The Kier molecular flexibility index (Phi) is 2.77. The number of hydrogen-bond acceptors (Lipinski definition) is 5. The van der Waals surface area contributed by atoms with E-state index >= 15 is 0 Å². The molecular formula is C11H9ClN6. The van der Waals surface area contributed by atoms with E-state index in [1.807, 2.05) is 12.1 Å². The third-order valence-electron chi connectivity index (χ3n) is 2.47. The summed E-state index contributed by atoms with van der Waals surface area (Å²) in [6.45, 7) is 0.552. The highest BCUT2D eigenvalue weighted by Gasteiger charge is 2.07. The van der Waals surface area contributed by atoms with Gasteiger partial charge in [-0.25, -0.2) is 15.0 Å². The van der Waals surface area contributed by atoms with Crippen LogP contribution in [0.3, 0.4) is 0 Å². The molecule has 0 amide bonds. The van der Waals surface area contributed by atoms with Crippen molar-refractivity contribution in [3.05, 3.63) is 41.8 Å². The van der Waals surface area contributed by atoms with E-state index in [4.69, 9.17) is 11.6 Å². The third-order valence-corrected chi connectivity index (χ3v) is 2.64. The Bertz CT molecular complexity index is 666. The molecule has 0 saturated heterocycles. The van der Waals surface area contributed by atoms with Crippen molar-refractivity contribution in [1.82, 2.24) is 24.9 Å². The number of anilines is 1. The zero-order valence-corrected chi connectivity index (χ0v) is 10.0. The van der Waals surface area contributed by atoms with Gasteiger partial charge >= 0.3 is 0 Å². The van der Waals surface area contributed by atoms with Gasteiger partial charge in [-0.3, -0.25) is 0 Å². The molecule has 0 unspecified atom stereocenters. The summed E-state index contributed by atoms with van der Waals surface area (Å²) in [6.07, 6.45) is 5.00. The summed E-state index contributed by atoms with van der Waals surface area (Å²) in [7, 11) is 0. The minimum Gasteiger partial charge on any atom is -0.364 e. The molecule has 0 saturated carbocycles. The predicted octanol–water partition coefficient (Wildman–Crippen LogP) is 2.01. The van der Waals surface area contributed by atoms with E-state index in [2.05, 4.69) is 30.2 Å². The maximum Gasteiger partial charge on any atom is 0.226 e. The maximum absolute atomic E-state index is 5.85. The molecule has 90 valence electrons. The monoisotopic (exact) mass is 260 g/mol. The zero-order valence-electron chi connectivity index (χ0n) is 9.26. The second kappa shape index (κ2) is 4.58. The molecule has 7 heteroatoms. The molecule has 0 fully saturated rings. The predicted molar refractivity (Wildman–Crippen MR) is 68.3 cm³/mol. The first-order valence-electron chi connectivity index (χ1n) is 5.32. The van der Waals surface area contributed by atoms with Gasteiger partial charge in [0.05, 0.1) is 17.6 Å². The Balaban J connectivity index is 1.88. The van der Waals surface area contributed by atoms with Gasteiger partial charge < -0.3 is 10.3 Å². The summed E-state index contributed by atoms with van der Waals surface area (Å²) in [5.74, 6) is 0.685. The number of halogens is 1. The van der Waals surface area contributed by atoms with Gasteiger partial charge in [0.15, 0.2) is 0 Å². The molecule has 0 aliphatic heterocycles. The molecule has 0 aliphatic rings. The summed E-state index contributed by atoms with van der Waals surface area (Å²) >= 11 is 5.85. The van der Waals surface area contributed by atoms with E-state index in [0.29, 0.717) is 18.0 Å². The first-order valence-corrected chi connectivity index (χ1v) is 5.70. The molecule has 3 aromatic heterocycles. The molecule has 3 heterocycles. The average molecular weight is 261 g/mol. The van der Waals surface area contributed by atoms with Gasteiger partial charge in [-0.1, -0.05) is 0 Å². The van der Waals surface area contributed by atoms with Crippen LogP contribution in [0.2, 0.25) is 5.28 Å². The number of nitrogens with one attached hydrogen (secondary N) is 2. The van der Waals surface area contributed by atoms with Crippen molar-refractivity contribution in [2.75, 3.05) is 5.32 Å². The molecule has 0 aliphatic carbocycles. The van der Waals surface area contributed by atoms with Gasteiger partial charge in [-0.05, 0) is 23.7 Å². The third kappa shape index (κ3) is 2.10. The van der Waals surface area contributed by atoms with Gasteiger partial charge in [0.2, 0.25) is 5.28 Å². The quantitative estimate of drug-likeness (QED) is 0.704. The lowest BCUT2D eigenvalue weighted by molar-refractivity contribution is 0.996. The van der Waals surface area contributed by atoms with Crippen molar-refractivity contribution in [3.63, 3.8) is 0 Å². The van der Waals surface area contributed by atoms with Gasteiger partial charge in [-0.15, -0.1) is 0 Å². The fourth-order valence-corrected chi connectivity index (χ4v) is 1.81. The number of rotatable bonds is 3. The van der Waals surface area contributed by atoms with Crippen LogP contribution in [-0.4, -0.2) is 24.9 Å². The molecule has 3 rings (SSSR count). The lowest BCUT2D eigenvalue weighted by Crippen LogP contribution is -2.04. The molecule has 6 nitrogen and oxygen atoms in total. The van der Waals surface area contributed by atoms with Crippen molar-refractivity contribution in [1.29, 1.82) is 0 Å². The summed E-state index contributed by atoms with van der Waals surface area (Å²) < 4.78 is 0. The molecule has 0 atom stereocenters. The van der Waals surface area contributed by atoms with Crippen LogP contribution < -0.4 is 5.32 Å². The van der Waals surface area contributed by atoms with Crippen LogP contribution in [0.1, 0.15) is 5.69 Å². The standard InChI is InChI=1S/C11H9ClN6/c12-11-17-9-8(2-4-14-9)10(18-11)15-5-7-1-3-13-6-16-7/h1-4,6H,5H2,(H2,14,15,17,18). The number of H-pyrrole nitrogens is 1. The average Bonchev–Trinajstić information content (AvgIpc) is 2.85. The van der Waals surface area contributed by atoms with Gasteiger partial charge in [0.1, 0.15) is 17.8 Å². The van der Waals surface area contributed by atoms with Crippen LogP contribution in [0.25, 0.3) is 11.0 Å². The lowest BCUT2D eigenvalue weighted by atomic mass is 10.3. The van der Waals surface area contributed by atoms with Crippen LogP contribution in [0.5, 0.6) is 0 Å². The summed E-state index contributed by atoms with van der Waals surface area (Å²) in [5.41, 5.74) is 1.59. The first kappa shape index (κ1) is 10.9. The molecule has 0 bridgehead atoms. The molecular weight excluding hydrogens is 252 g/mol. The smallest absolute Gasteiger partial charge is 0.226 e. The Labute approximate surface area is 107 Å². The lowest BCUT2D eigenvalue weighted by Gasteiger charge is -2.06. The topological polar surface area (TPSA) is 79.4 Å². The zero-order chi connectivity index (χ0) is 12.4. The van der Waals surface area contributed by atoms with Crippen LogP contribution in [0.4, 0.5) is 5.82 Å². The fourth-order valence-electron chi connectivity index (χ4n) is 1.65. The summed E-state index contributed by atoms with van der Waals surface area (Å²) in [5, 5.41) is 4.29. The highest BCUT2D eigenvalue weighted by molar-refractivity contribution is 6.28. The van der Waals surface area contributed by atoms with Crippen molar-refractivity contribution < 1.29 is 0 Å². The van der Waals surface area contributed by atoms with E-state index in [9.17, 15) is 0 Å². The molecule has 0 spiro atoms. The molecule has 3 aromatic rings. The second-order valence-electron chi connectivity index (χ2n) is 3.64. The second-order valence-corrected chi connectivity index (χ2v) is 3.97. The molecule has 0 radical (unpaired) electrons. The van der Waals surface area contributed by atoms with E-state index in [1.54, 1.807) is 12.4 Å². The van der Waals surface area contributed by atoms with E-state index in [0.717, 1.165) is 11.1 Å². The number of hydrogen-bond donors (Lipinski definition) is 2. The summed E-state index contributed by atoms with van der Waals surface area (Å²) in [6, 6.07) is 3.73. The van der Waals surface area contributed by atoms with Crippen LogP contribution in [-0.2, 0) is 6.54 Å². The Morgan fingerprint density at radius 2 is 2.22 bits per heavy atom. The van der Waals surface area contributed by atoms with E-state index < -0.39 is 0 Å². The van der Waals surface area contributed by atoms with Crippen LogP contribution >= 0.6 is 11.6 Å². The highest BCUT2D eigenvalue weighted by atomic mass is 35.5. The fraction of sp³-hybridized carbons (Fsp3) is 0.0909. The van der Waals surface area contributed by atoms with Gasteiger partial charge in [0.25, 0.3) is 0 Å². The van der Waals surface area contributed by atoms with Crippen LogP contribution in [0, 0.1) is 0 Å². The number of fused-ring (bicyclic) bond motifs is 1. The maximum atomic E-state index is 5.85. The van der Waals surface area contributed by atoms with Crippen molar-refractivity contribution in [2.45, 2.75) is 6.54 Å². The largest absolute Gasteiger partial charge is 0.364 e. The van der Waals surface area contributed by atoms with Gasteiger partial charge in [0, 0.05) is 12.4 Å². The normalized spacial score (nSPS) is 10.7. The molecule has 18 heavy (non-hydrogen) atoms.